The fourth-order valence-corrected chi connectivity index (χ4v) is 4.74. The van der Waals surface area contributed by atoms with Gasteiger partial charge >= 0.3 is 0 Å². The summed E-state index contributed by atoms with van der Waals surface area (Å²) in [4.78, 5) is 26.6. The molecule has 2 fully saturated rings. The number of anilines is 1. The Hall–Kier alpha value is -3.25. The lowest BCUT2D eigenvalue weighted by Gasteiger charge is -2.35. The highest BCUT2D eigenvalue weighted by molar-refractivity contribution is 7.12. The largest absolute Gasteiger partial charge is 0.348 e. The van der Waals surface area contributed by atoms with Crippen LogP contribution in [0.5, 0.6) is 0 Å². The van der Waals surface area contributed by atoms with E-state index in [9.17, 15) is 10.1 Å². The number of carbonyl (C=O) groups excluding carboxylic acids is 1. The van der Waals surface area contributed by atoms with Crippen LogP contribution in [0.15, 0.2) is 36.1 Å². The molecule has 28 heavy (non-hydrogen) atoms. The second-order valence-electron chi connectivity index (χ2n) is 7.08. The maximum absolute atomic E-state index is 12.7. The molecule has 9 heteroatoms. The Bertz CT molecular complexity index is 1080. The fourth-order valence-electron chi connectivity index (χ4n) is 4.06. The Morgan fingerprint density at radius 3 is 2.86 bits per heavy atom. The van der Waals surface area contributed by atoms with E-state index >= 15 is 0 Å². The van der Waals surface area contributed by atoms with Gasteiger partial charge in [-0.15, -0.1) is 11.3 Å². The molecule has 2 saturated heterocycles. The van der Waals surface area contributed by atoms with Gasteiger partial charge in [0.1, 0.15) is 11.6 Å². The number of hydrogen-bond acceptors (Lipinski definition) is 7. The first-order valence-electron chi connectivity index (χ1n) is 9.01. The summed E-state index contributed by atoms with van der Waals surface area (Å²) in [6, 6.07) is 6.28. The molecule has 3 aromatic rings. The molecular formula is C19H17N7OS. The summed E-state index contributed by atoms with van der Waals surface area (Å²) in [5.41, 5.74) is 1.27. The number of likely N-dealkylation sites (tertiary alicyclic amines) is 1. The molecule has 0 spiro atoms. The lowest BCUT2D eigenvalue weighted by atomic mass is 10.2. The van der Waals surface area contributed by atoms with Gasteiger partial charge in [0.2, 0.25) is 0 Å². The Kier molecular flexibility index (Phi) is 3.87. The van der Waals surface area contributed by atoms with Gasteiger partial charge in [0.05, 0.1) is 34.9 Å². The molecule has 0 aromatic carbocycles. The number of fused-ring (bicyclic) bond motifs is 2. The van der Waals surface area contributed by atoms with Gasteiger partial charge in [0.15, 0.2) is 11.6 Å². The maximum atomic E-state index is 12.7. The molecule has 5 rings (SSSR count). The minimum atomic E-state index is 0.0985. The van der Waals surface area contributed by atoms with Gasteiger partial charge in [-0.25, -0.2) is 9.97 Å². The van der Waals surface area contributed by atoms with Crippen molar-refractivity contribution in [1.29, 1.82) is 5.26 Å². The third kappa shape index (κ3) is 2.65. The fraction of sp³-hybridized carbons (Fsp3) is 0.316. The van der Waals surface area contributed by atoms with Crippen molar-refractivity contribution >= 4 is 23.1 Å². The number of aryl methyl sites for hydroxylation is 1. The minimum Gasteiger partial charge on any atom is -0.348 e. The van der Waals surface area contributed by atoms with Crippen molar-refractivity contribution in [3.05, 3.63) is 46.5 Å². The molecule has 2 aliphatic heterocycles. The average molecular weight is 391 g/mol. The standard InChI is InChI=1S/C19H17N7OS/c1-24-9-13(8-22-24)17-21-7-12(6-20)18(23-17)25-10-15-5-14(25)11-26(15)19(27)16-3-2-4-28-16/h2-4,7-9,14-15H,5,10-11H2,1H3/t14-,15-/m0/s1. The zero-order valence-corrected chi connectivity index (χ0v) is 16.0. The number of aromatic nitrogens is 4. The van der Waals surface area contributed by atoms with Gasteiger partial charge in [-0.3, -0.25) is 9.48 Å². The van der Waals surface area contributed by atoms with Crippen LogP contribution in [0.4, 0.5) is 5.82 Å². The van der Waals surface area contributed by atoms with Crippen molar-refractivity contribution in [3.63, 3.8) is 0 Å². The summed E-state index contributed by atoms with van der Waals surface area (Å²) in [5, 5.41) is 15.6. The quantitative estimate of drug-likeness (QED) is 0.677. The minimum absolute atomic E-state index is 0.0985. The molecule has 2 aliphatic rings. The molecule has 0 saturated carbocycles. The maximum Gasteiger partial charge on any atom is 0.264 e. The zero-order valence-electron chi connectivity index (χ0n) is 15.2. The van der Waals surface area contributed by atoms with Crippen LogP contribution in [0.2, 0.25) is 0 Å². The van der Waals surface area contributed by atoms with Crippen LogP contribution < -0.4 is 4.90 Å². The Morgan fingerprint density at radius 1 is 1.32 bits per heavy atom. The monoisotopic (exact) mass is 391 g/mol. The van der Waals surface area contributed by atoms with Crippen LogP contribution in [-0.4, -0.2) is 55.7 Å². The molecule has 2 bridgehead atoms. The van der Waals surface area contributed by atoms with E-state index in [-0.39, 0.29) is 18.0 Å². The molecule has 3 aromatic heterocycles. The topological polar surface area (TPSA) is 90.9 Å². The number of amides is 1. The van der Waals surface area contributed by atoms with Crippen LogP contribution in [0.25, 0.3) is 11.4 Å². The van der Waals surface area contributed by atoms with E-state index < -0.39 is 0 Å². The Balaban J connectivity index is 1.42. The summed E-state index contributed by atoms with van der Waals surface area (Å²) in [6.45, 7) is 1.33. The number of hydrogen-bond donors (Lipinski definition) is 0. The van der Waals surface area contributed by atoms with E-state index in [1.165, 1.54) is 11.3 Å². The number of rotatable bonds is 3. The van der Waals surface area contributed by atoms with E-state index in [0.717, 1.165) is 16.9 Å². The molecular weight excluding hydrogens is 374 g/mol. The second kappa shape index (κ2) is 6.42. The molecule has 0 radical (unpaired) electrons. The van der Waals surface area contributed by atoms with Crippen LogP contribution in [0, 0.1) is 11.3 Å². The molecule has 0 N–H and O–H groups in total. The highest BCUT2D eigenvalue weighted by Gasteiger charge is 2.46. The molecule has 0 aliphatic carbocycles. The van der Waals surface area contributed by atoms with E-state index in [1.54, 1.807) is 17.1 Å². The summed E-state index contributed by atoms with van der Waals surface area (Å²) in [7, 11) is 1.84. The summed E-state index contributed by atoms with van der Waals surface area (Å²) in [5.74, 6) is 1.30. The Morgan fingerprint density at radius 2 is 2.21 bits per heavy atom. The van der Waals surface area contributed by atoms with Crippen molar-refractivity contribution in [2.24, 2.45) is 7.05 Å². The van der Waals surface area contributed by atoms with E-state index in [4.69, 9.17) is 0 Å². The van der Waals surface area contributed by atoms with E-state index in [1.807, 2.05) is 35.7 Å². The third-order valence-corrected chi connectivity index (χ3v) is 6.22. The summed E-state index contributed by atoms with van der Waals surface area (Å²) in [6.07, 6.45) is 6.03. The van der Waals surface area contributed by atoms with Crippen LogP contribution in [0.1, 0.15) is 21.7 Å². The normalized spacial score (nSPS) is 20.6. The SMILES string of the molecule is Cn1cc(-c2ncc(C#N)c(N3C[C@@H]4C[C@H]3CN4C(=O)c3cccs3)n2)cn1. The predicted octanol–water partition coefficient (Wildman–Crippen LogP) is 1.91. The molecule has 1 amide bonds. The summed E-state index contributed by atoms with van der Waals surface area (Å²) < 4.78 is 1.70. The molecule has 8 nitrogen and oxygen atoms in total. The number of piperazine rings is 1. The molecule has 5 heterocycles. The molecule has 140 valence electrons. The zero-order chi connectivity index (χ0) is 19.3. The second-order valence-corrected chi connectivity index (χ2v) is 8.02. The van der Waals surface area contributed by atoms with Crippen LogP contribution >= 0.6 is 11.3 Å². The first-order valence-corrected chi connectivity index (χ1v) is 9.89. The number of carbonyl (C=O) groups is 1. The lowest BCUT2D eigenvalue weighted by Crippen LogP contribution is -2.49. The smallest absolute Gasteiger partial charge is 0.264 e. The molecule has 0 unspecified atom stereocenters. The van der Waals surface area contributed by atoms with E-state index in [0.29, 0.717) is 30.3 Å². The highest BCUT2D eigenvalue weighted by Crippen LogP contribution is 2.36. The number of nitriles is 1. The lowest BCUT2D eigenvalue weighted by molar-refractivity contribution is 0.0730. The van der Waals surface area contributed by atoms with E-state index in [2.05, 4.69) is 26.0 Å². The van der Waals surface area contributed by atoms with Crippen LogP contribution in [-0.2, 0) is 7.05 Å². The van der Waals surface area contributed by atoms with Gasteiger partial charge in [-0.2, -0.15) is 10.4 Å². The van der Waals surface area contributed by atoms with Gasteiger partial charge in [-0.05, 0) is 17.9 Å². The molecule has 2 atom stereocenters. The van der Waals surface area contributed by atoms with Crippen molar-refractivity contribution in [2.45, 2.75) is 18.5 Å². The van der Waals surface area contributed by atoms with Crippen molar-refractivity contribution < 1.29 is 4.79 Å². The third-order valence-electron chi connectivity index (χ3n) is 5.36. The van der Waals surface area contributed by atoms with Crippen LogP contribution in [0.3, 0.4) is 0 Å². The number of nitrogens with zero attached hydrogens (tertiary/aromatic N) is 7. The van der Waals surface area contributed by atoms with Gasteiger partial charge in [0.25, 0.3) is 5.91 Å². The van der Waals surface area contributed by atoms with Crippen molar-refractivity contribution in [1.82, 2.24) is 24.6 Å². The van der Waals surface area contributed by atoms with Crippen molar-refractivity contribution in [3.8, 4) is 17.5 Å². The average Bonchev–Trinajstić information content (AvgIpc) is 3.50. The highest BCUT2D eigenvalue weighted by atomic mass is 32.1. The summed E-state index contributed by atoms with van der Waals surface area (Å²) >= 11 is 1.47. The van der Waals surface area contributed by atoms with Gasteiger partial charge in [-0.1, -0.05) is 6.07 Å². The van der Waals surface area contributed by atoms with Crippen molar-refractivity contribution in [2.75, 3.05) is 18.0 Å². The number of thiophene rings is 1. The van der Waals surface area contributed by atoms with Gasteiger partial charge in [0, 0.05) is 26.3 Å². The van der Waals surface area contributed by atoms with Gasteiger partial charge < -0.3 is 9.80 Å². The first kappa shape index (κ1) is 16.9. The first-order chi connectivity index (χ1) is 13.6. The Labute approximate surface area is 165 Å². The predicted molar refractivity (Wildman–Crippen MR) is 104 cm³/mol.